The molecule has 0 saturated carbocycles. The van der Waals surface area contributed by atoms with Gasteiger partial charge in [-0.05, 0) is 12.1 Å². The first kappa shape index (κ1) is 13.6. The molecule has 0 unspecified atom stereocenters. The van der Waals surface area contributed by atoms with Crippen LogP contribution in [0.2, 0.25) is 0 Å². The number of hydrogen-bond acceptors (Lipinski definition) is 6. The van der Waals surface area contributed by atoms with E-state index in [9.17, 15) is 4.79 Å². The first-order chi connectivity index (χ1) is 9.71. The summed E-state index contributed by atoms with van der Waals surface area (Å²) in [4.78, 5) is 19.6. The van der Waals surface area contributed by atoms with Crippen LogP contribution in [0, 0.1) is 0 Å². The quantitative estimate of drug-likeness (QED) is 0.920. The van der Waals surface area contributed by atoms with Gasteiger partial charge < -0.3 is 14.2 Å². The second-order valence-electron chi connectivity index (χ2n) is 3.61. The fourth-order valence-electron chi connectivity index (χ4n) is 1.39. The molecule has 104 valence electrons. The zero-order valence-electron chi connectivity index (χ0n) is 11.0. The first-order valence-corrected chi connectivity index (χ1v) is 5.72. The van der Waals surface area contributed by atoms with Crippen molar-refractivity contribution in [2.75, 3.05) is 19.5 Å². The summed E-state index contributed by atoms with van der Waals surface area (Å²) in [6, 6.07) is 10.2. The molecule has 0 aliphatic rings. The molecule has 0 spiro atoms. The Morgan fingerprint density at radius 1 is 1.10 bits per heavy atom. The van der Waals surface area contributed by atoms with Crippen molar-refractivity contribution in [3.8, 4) is 17.6 Å². The molecule has 20 heavy (non-hydrogen) atoms. The van der Waals surface area contributed by atoms with E-state index in [1.165, 1.54) is 20.3 Å². The van der Waals surface area contributed by atoms with Gasteiger partial charge in [0.2, 0.25) is 5.88 Å². The molecule has 2 aromatic rings. The van der Waals surface area contributed by atoms with Crippen LogP contribution < -0.4 is 19.5 Å². The minimum Gasteiger partial charge on any atom is -0.481 e. The van der Waals surface area contributed by atoms with E-state index in [4.69, 9.17) is 14.2 Å². The summed E-state index contributed by atoms with van der Waals surface area (Å²) in [7, 11) is 2.87. The Balaban J connectivity index is 2.07. The minimum atomic E-state index is -0.668. The summed E-state index contributed by atoms with van der Waals surface area (Å²) < 4.78 is 15.0. The van der Waals surface area contributed by atoms with Gasteiger partial charge in [0.05, 0.1) is 14.2 Å². The van der Waals surface area contributed by atoms with Crippen LogP contribution in [0.25, 0.3) is 0 Å². The van der Waals surface area contributed by atoms with E-state index in [0.29, 0.717) is 5.75 Å². The van der Waals surface area contributed by atoms with Gasteiger partial charge in [-0.3, -0.25) is 5.32 Å². The van der Waals surface area contributed by atoms with E-state index in [1.54, 1.807) is 24.3 Å². The number of methoxy groups -OCH3 is 2. The third-order valence-corrected chi connectivity index (χ3v) is 2.26. The van der Waals surface area contributed by atoms with Gasteiger partial charge in [0.1, 0.15) is 11.6 Å². The van der Waals surface area contributed by atoms with Crippen molar-refractivity contribution in [3.63, 3.8) is 0 Å². The Labute approximate surface area is 115 Å². The number of ether oxygens (including phenoxy) is 3. The summed E-state index contributed by atoms with van der Waals surface area (Å²) in [6.07, 6.45) is -0.668. The molecule has 0 aliphatic heterocycles. The molecule has 0 atom stereocenters. The van der Waals surface area contributed by atoms with Crippen LogP contribution in [-0.4, -0.2) is 30.3 Å². The monoisotopic (exact) mass is 275 g/mol. The Kier molecular flexibility index (Phi) is 4.33. The van der Waals surface area contributed by atoms with Gasteiger partial charge in [-0.1, -0.05) is 18.2 Å². The second-order valence-corrected chi connectivity index (χ2v) is 3.61. The Bertz CT molecular complexity index is 567. The van der Waals surface area contributed by atoms with Crippen molar-refractivity contribution in [2.24, 2.45) is 0 Å². The molecule has 1 aromatic heterocycles. The highest BCUT2D eigenvalue weighted by Crippen LogP contribution is 2.17. The zero-order chi connectivity index (χ0) is 14.4. The molecule has 0 bridgehead atoms. The largest absolute Gasteiger partial charge is 0.481 e. The van der Waals surface area contributed by atoms with Gasteiger partial charge in [0.25, 0.3) is 0 Å². The van der Waals surface area contributed by atoms with Gasteiger partial charge in [-0.2, -0.15) is 9.97 Å². The van der Waals surface area contributed by atoms with Crippen molar-refractivity contribution in [3.05, 3.63) is 36.4 Å². The van der Waals surface area contributed by atoms with Gasteiger partial charge in [0, 0.05) is 6.07 Å². The summed E-state index contributed by atoms with van der Waals surface area (Å²) in [5.41, 5.74) is 0. The Morgan fingerprint density at radius 2 is 1.85 bits per heavy atom. The van der Waals surface area contributed by atoms with Crippen LogP contribution in [-0.2, 0) is 0 Å². The SMILES string of the molecule is COc1cc(NC(=O)Oc2ccccc2)nc(OC)n1. The molecule has 1 N–H and O–H groups in total. The van der Waals surface area contributed by atoms with Crippen molar-refractivity contribution in [2.45, 2.75) is 0 Å². The number of rotatable bonds is 4. The summed E-state index contributed by atoms with van der Waals surface area (Å²) >= 11 is 0. The molecule has 7 heteroatoms. The molecule has 7 nitrogen and oxygen atoms in total. The van der Waals surface area contributed by atoms with Crippen LogP contribution in [0.4, 0.5) is 10.6 Å². The predicted molar refractivity (Wildman–Crippen MR) is 71.2 cm³/mol. The maximum Gasteiger partial charge on any atom is 0.418 e. The van der Waals surface area contributed by atoms with Crippen molar-refractivity contribution < 1.29 is 19.0 Å². The molecule has 0 radical (unpaired) electrons. The van der Waals surface area contributed by atoms with Gasteiger partial charge in [0.15, 0.2) is 0 Å². The molecule has 2 rings (SSSR count). The topological polar surface area (TPSA) is 82.6 Å². The average Bonchev–Trinajstić information content (AvgIpc) is 2.47. The lowest BCUT2D eigenvalue weighted by Gasteiger charge is -2.08. The van der Waals surface area contributed by atoms with Crippen LogP contribution in [0.15, 0.2) is 36.4 Å². The fourth-order valence-corrected chi connectivity index (χ4v) is 1.39. The van der Waals surface area contributed by atoms with E-state index in [-0.39, 0.29) is 17.7 Å². The number of benzene rings is 1. The molecule has 1 heterocycles. The number of nitrogens with one attached hydrogen (secondary N) is 1. The summed E-state index contributed by atoms with van der Waals surface area (Å²) in [5.74, 6) is 0.916. The maximum absolute atomic E-state index is 11.7. The van der Waals surface area contributed by atoms with E-state index in [1.807, 2.05) is 6.07 Å². The normalized spacial score (nSPS) is 9.70. The molecule has 0 saturated heterocycles. The number of carbonyl (C=O) groups excluding carboxylic acids is 1. The Morgan fingerprint density at radius 3 is 2.50 bits per heavy atom. The molecule has 1 aromatic carbocycles. The molecular formula is C13H13N3O4. The highest BCUT2D eigenvalue weighted by molar-refractivity contribution is 5.85. The van der Waals surface area contributed by atoms with Gasteiger partial charge in [-0.25, -0.2) is 4.79 Å². The Hall–Kier alpha value is -2.83. The predicted octanol–water partition coefficient (Wildman–Crippen LogP) is 2.10. The molecule has 0 aliphatic carbocycles. The fraction of sp³-hybridized carbons (Fsp3) is 0.154. The maximum atomic E-state index is 11.7. The first-order valence-electron chi connectivity index (χ1n) is 5.72. The lowest BCUT2D eigenvalue weighted by Crippen LogP contribution is -2.18. The number of amides is 1. The molecular weight excluding hydrogens is 262 g/mol. The number of aromatic nitrogens is 2. The van der Waals surface area contributed by atoms with Crippen molar-refractivity contribution in [1.29, 1.82) is 0 Å². The standard InChI is InChI=1S/C13H13N3O4/c1-18-11-8-10(14-12(16-11)19-2)15-13(17)20-9-6-4-3-5-7-9/h3-8H,1-2H3,(H,14,15,16,17). The zero-order valence-corrected chi connectivity index (χ0v) is 11.0. The van der Waals surface area contributed by atoms with Crippen molar-refractivity contribution in [1.82, 2.24) is 9.97 Å². The summed E-state index contributed by atoms with van der Waals surface area (Å²) in [6.45, 7) is 0. The van der Waals surface area contributed by atoms with Gasteiger partial charge in [-0.15, -0.1) is 0 Å². The third kappa shape index (κ3) is 3.58. The van der Waals surface area contributed by atoms with Crippen LogP contribution in [0.1, 0.15) is 0 Å². The minimum absolute atomic E-state index is 0.0827. The van der Waals surface area contributed by atoms with Crippen LogP contribution in [0.5, 0.6) is 17.6 Å². The lowest BCUT2D eigenvalue weighted by atomic mass is 10.3. The third-order valence-electron chi connectivity index (χ3n) is 2.26. The van der Waals surface area contributed by atoms with Gasteiger partial charge >= 0.3 is 12.1 Å². The number of para-hydroxylation sites is 1. The van der Waals surface area contributed by atoms with Crippen LogP contribution in [0.3, 0.4) is 0 Å². The number of hydrogen-bond donors (Lipinski definition) is 1. The average molecular weight is 275 g/mol. The number of anilines is 1. The van der Waals surface area contributed by atoms with Crippen LogP contribution >= 0.6 is 0 Å². The lowest BCUT2D eigenvalue weighted by molar-refractivity contribution is 0.215. The van der Waals surface area contributed by atoms with E-state index in [2.05, 4.69) is 15.3 Å². The smallest absolute Gasteiger partial charge is 0.418 e. The van der Waals surface area contributed by atoms with E-state index < -0.39 is 6.09 Å². The van der Waals surface area contributed by atoms with E-state index >= 15 is 0 Å². The number of nitrogens with zero attached hydrogens (tertiary/aromatic N) is 2. The highest BCUT2D eigenvalue weighted by atomic mass is 16.6. The van der Waals surface area contributed by atoms with Crippen molar-refractivity contribution >= 4 is 11.9 Å². The number of carbonyl (C=O) groups is 1. The van der Waals surface area contributed by atoms with E-state index in [0.717, 1.165) is 0 Å². The summed E-state index contributed by atoms with van der Waals surface area (Å²) in [5, 5.41) is 2.47. The highest BCUT2D eigenvalue weighted by Gasteiger charge is 2.10. The molecule has 1 amide bonds. The second kappa shape index (κ2) is 6.37. The molecule has 0 fully saturated rings.